The monoisotopic (exact) mass is 240 g/mol. The predicted molar refractivity (Wildman–Crippen MR) is 72.6 cm³/mol. The molecule has 92 valence electrons. The first-order valence-corrected chi connectivity index (χ1v) is 7.30. The number of rotatable bonds is 3. The Labute approximate surface area is 105 Å². The molecule has 2 aliphatic carbocycles. The predicted octanol–water partition coefficient (Wildman–Crippen LogP) is 2.97. The third-order valence-corrected chi connectivity index (χ3v) is 4.23. The Balaban J connectivity index is 1.59. The number of nitrogens with one attached hydrogen (secondary N) is 2. The van der Waals surface area contributed by atoms with Gasteiger partial charge in [0.1, 0.15) is 0 Å². The minimum atomic E-state index is 0.636. The lowest BCUT2D eigenvalue weighted by molar-refractivity contribution is 0.410. The molecule has 2 nitrogen and oxygen atoms in total. The molecule has 0 aromatic rings. The zero-order valence-corrected chi connectivity index (χ0v) is 11.0. The third kappa shape index (κ3) is 3.93. The first kappa shape index (κ1) is 12.2. The Morgan fingerprint density at radius 2 is 1.56 bits per heavy atom. The molecule has 2 rings (SSSR count). The van der Waals surface area contributed by atoms with Crippen LogP contribution < -0.4 is 10.6 Å². The van der Waals surface area contributed by atoms with Gasteiger partial charge in [-0.1, -0.05) is 32.1 Å². The van der Waals surface area contributed by atoms with Crippen molar-refractivity contribution in [2.24, 2.45) is 5.92 Å². The zero-order chi connectivity index (χ0) is 11.2. The van der Waals surface area contributed by atoms with Gasteiger partial charge in [0.05, 0.1) is 0 Å². The van der Waals surface area contributed by atoms with Gasteiger partial charge in [-0.2, -0.15) is 0 Å². The molecule has 16 heavy (non-hydrogen) atoms. The molecule has 0 heterocycles. The summed E-state index contributed by atoms with van der Waals surface area (Å²) >= 11 is 5.35. The van der Waals surface area contributed by atoms with E-state index < -0.39 is 0 Å². The van der Waals surface area contributed by atoms with Gasteiger partial charge < -0.3 is 10.6 Å². The van der Waals surface area contributed by atoms with E-state index >= 15 is 0 Å². The van der Waals surface area contributed by atoms with Crippen molar-refractivity contribution in [1.82, 2.24) is 10.6 Å². The van der Waals surface area contributed by atoms with E-state index in [0.717, 1.165) is 17.6 Å². The highest BCUT2D eigenvalue weighted by molar-refractivity contribution is 7.80. The van der Waals surface area contributed by atoms with Gasteiger partial charge in [-0.15, -0.1) is 0 Å². The molecule has 0 radical (unpaired) electrons. The van der Waals surface area contributed by atoms with Crippen LogP contribution in [0.4, 0.5) is 0 Å². The molecule has 2 N–H and O–H groups in total. The molecule has 2 fully saturated rings. The van der Waals surface area contributed by atoms with Gasteiger partial charge in [0.25, 0.3) is 0 Å². The lowest BCUT2D eigenvalue weighted by Crippen LogP contribution is -2.43. The second-order valence-electron chi connectivity index (χ2n) is 5.34. The van der Waals surface area contributed by atoms with Crippen molar-refractivity contribution in [1.29, 1.82) is 0 Å². The van der Waals surface area contributed by atoms with Crippen molar-refractivity contribution in [2.75, 3.05) is 6.54 Å². The molecule has 0 aliphatic heterocycles. The quantitative estimate of drug-likeness (QED) is 0.742. The van der Waals surface area contributed by atoms with Crippen LogP contribution in [-0.4, -0.2) is 17.7 Å². The Kier molecular flexibility index (Phi) is 4.89. The van der Waals surface area contributed by atoms with Crippen LogP contribution in [0.2, 0.25) is 0 Å². The summed E-state index contributed by atoms with van der Waals surface area (Å²) in [7, 11) is 0. The number of thiocarbonyl (C=S) groups is 1. The molecule has 2 aliphatic rings. The highest BCUT2D eigenvalue weighted by Crippen LogP contribution is 2.23. The Morgan fingerprint density at radius 1 is 0.938 bits per heavy atom. The van der Waals surface area contributed by atoms with Crippen molar-refractivity contribution in [3.05, 3.63) is 0 Å². The van der Waals surface area contributed by atoms with Crippen LogP contribution in [0.1, 0.15) is 57.8 Å². The summed E-state index contributed by atoms with van der Waals surface area (Å²) in [6, 6.07) is 0.636. The van der Waals surface area contributed by atoms with Gasteiger partial charge in [-0.3, -0.25) is 0 Å². The summed E-state index contributed by atoms with van der Waals surface area (Å²) in [6.45, 7) is 1.08. The lowest BCUT2D eigenvalue weighted by atomic mass is 9.96. The van der Waals surface area contributed by atoms with Crippen LogP contribution in [-0.2, 0) is 0 Å². The average molecular weight is 240 g/mol. The fourth-order valence-corrected chi connectivity index (χ4v) is 3.18. The first-order chi connectivity index (χ1) is 7.84. The van der Waals surface area contributed by atoms with Gasteiger partial charge in [0, 0.05) is 12.6 Å². The van der Waals surface area contributed by atoms with Crippen molar-refractivity contribution in [2.45, 2.75) is 63.8 Å². The minimum Gasteiger partial charge on any atom is -0.362 e. The molecule has 0 amide bonds. The van der Waals surface area contributed by atoms with Gasteiger partial charge in [-0.05, 0) is 43.8 Å². The summed E-state index contributed by atoms with van der Waals surface area (Å²) in [5.41, 5.74) is 0. The summed E-state index contributed by atoms with van der Waals surface area (Å²) in [4.78, 5) is 0. The van der Waals surface area contributed by atoms with E-state index in [4.69, 9.17) is 12.2 Å². The average Bonchev–Trinajstić information content (AvgIpc) is 2.81. The molecule has 0 bridgehead atoms. The van der Waals surface area contributed by atoms with Crippen molar-refractivity contribution < 1.29 is 0 Å². The third-order valence-electron chi connectivity index (χ3n) is 3.97. The van der Waals surface area contributed by atoms with Crippen molar-refractivity contribution >= 4 is 17.3 Å². The summed E-state index contributed by atoms with van der Waals surface area (Å²) < 4.78 is 0. The van der Waals surface area contributed by atoms with Crippen LogP contribution in [0.5, 0.6) is 0 Å². The topological polar surface area (TPSA) is 24.1 Å². The normalized spacial score (nSPS) is 23.2. The van der Waals surface area contributed by atoms with E-state index in [2.05, 4.69) is 10.6 Å². The summed E-state index contributed by atoms with van der Waals surface area (Å²) in [5.74, 6) is 0.867. The van der Waals surface area contributed by atoms with E-state index in [1.165, 1.54) is 57.8 Å². The Hall–Kier alpha value is -0.310. The highest BCUT2D eigenvalue weighted by Gasteiger charge is 2.16. The van der Waals surface area contributed by atoms with Gasteiger partial charge in [0.15, 0.2) is 5.11 Å². The van der Waals surface area contributed by atoms with E-state index in [9.17, 15) is 0 Å². The number of hydrogen-bond acceptors (Lipinski definition) is 1. The first-order valence-electron chi connectivity index (χ1n) is 6.89. The maximum Gasteiger partial charge on any atom is 0.166 e. The molecule has 2 saturated carbocycles. The molecule has 0 atom stereocenters. The lowest BCUT2D eigenvalue weighted by Gasteiger charge is -2.25. The highest BCUT2D eigenvalue weighted by atomic mass is 32.1. The zero-order valence-electron chi connectivity index (χ0n) is 10.1. The SMILES string of the molecule is S=C(NCC1CCCC1)NC1CCCCC1. The van der Waals surface area contributed by atoms with Crippen LogP contribution >= 0.6 is 12.2 Å². The van der Waals surface area contributed by atoms with Crippen LogP contribution in [0, 0.1) is 5.92 Å². The second-order valence-corrected chi connectivity index (χ2v) is 5.75. The molecular formula is C13H24N2S. The smallest absolute Gasteiger partial charge is 0.166 e. The van der Waals surface area contributed by atoms with Crippen molar-refractivity contribution in [3.63, 3.8) is 0 Å². The van der Waals surface area contributed by atoms with Gasteiger partial charge in [-0.25, -0.2) is 0 Å². The molecule has 0 spiro atoms. The molecule has 0 aromatic heterocycles. The second kappa shape index (κ2) is 6.43. The fourth-order valence-electron chi connectivity index (χ4n) is 2.93. The van der Waals surface area contributed by atoms with Crippen LogP contribution in [0.3, 0.4) is 0 Å². The fraction of sp³-hybridized carbons (Fsp3) is 0.923. The molecule has 0 aromatic carbocycles. The maximum absolute atomic E-state index is 5.35. The summed E-state index contributed by atoms with van der Waals surface area (Å²) in [5, 5.41) is 7.74. The molecule has 3 heteroatoms. The molecule has 0 unspecified atom stereocenters. The van der Waals surface area contributed by atoms with E-state index in [-0.39, 0.29) is 0 Å². The standard InChI is InChI=1S/C13H24N2S/c16-13(14-10-11-6-4-5-7-11)15-12-8-2-1-3-9-12/h11-12H,1-10H2,(H2,14,15,16). The van der Waals surface area contributed by atoms with E-state index in [0.29, 0.717) is 6.04 Å². The van der Waals surface area contributed by atoms with Crippen LogP contribution in [0.15, 0.2) is 0 Å². The number of hydrogen-bond donors (Lipinski definition) is 2. The molecular weight excluding hydrogens is 216 g/mol. The van der Waals surface area contributed by atoms with Crippen LogP contribution in [0.25, 0.3) is 0 Å². The Morgan fingerprint density at radius 3 is 2.25 bits per heavy atom. The Bertz CT molecular complexity index is 218. The van der Waals surface area contributed by atoms with Gasteiger partial charge in [0.2, 0.25) is 0 Å². The van der Waals surface area contributed by atoms with Gasteiger partial charge >= 0.3 is 0 Å². The van der Waals surface area contributed by atoms with Crippen molar-refractivity contribution in [3.8, 4) is 0 Å². The summed E-state index contributed by atoms with van der Waals surface area (Å²) in [6.07, 6.45) is 12.3. The minimum absolute atomic E-state index is 0.636. The maximum atomic E-state index is 5.35. The van der Waals surface area contributed by atoms with E-state index in [1.54, 1.807) is 0 Å². The molecule has 0 saturated heterocycles. The van der Waals surface area contributed by atoms with E-state index in [1.807, 2.05) is 0 Å². The largest absolute Gasteiger partial charge is 0.362 e.